The number of hydrogen-bond donors (Lipinski definition) is 1. The lowest BCUT2D eigenvalue weighted by molar-refractivity contribution is 0.154. The summed E-state index contributed by atoms with van der Waals surface area (Å²) in [4.78, 5) is 0. The van der Waals surface area contributed by atoms with Gasteiger partial charge in [0.1, 0.15) is 0 Å². The van der Waals surface area contributed by atoms with Crippen LogP contribution in [-0.4, -0.2) is 12.6 Å². The van der Waals surface area contributed by atoms with Crippen molar-refractivity contribution in [2.24, 2.45) is 11.8 Å². The van der Waals surface area contributed by atoms with E-state index in [0.29, 0.717) is 0 Å². The molecule has 1 aliphatic rings. The van der Waals surface area contributed by atoms with Crippen molar-refractivity contribution in [1.82, 2.24) is 5.32 Å². The van der Waals surface area contributed by atoms with Gasteiger partial charge in [-0.05, 0) is 44.1 Å². The molecule has 1 rings (SSSR count). The van der Waals surface area contributed by atoms with Gasteiger partial charge in [0.15, 0.2) is 0 Å². The summed E-state index contributed by atoms with van der Waals surface area (Å²) in [5.74, 6) is 1.98. The van der Waals surface area contributed by atoms with Crippen molar-refractivity contribution in [2.45, 2.75) is 52.5 Å². The van der Waals surface area contributed by atoms with Crippen molar-refractivity contribution in [1.29, 1.82) is 0 Å². The van der Waals surface area contributed by atoms with E-state index in [1.807, 2.05) is 0 Å². The normalized spacial score (nSPS) is 31.2. The highest BCUT2D eigenvalue weighted by atomic mass is 14.9. The molecule has 1 atom stereocenters. The molecular weight excluding hydrogens is 146 g/mol. The maximum Gasteiger partial charge on any atom is 0.00928 e. The third kappa shape index (κ3) is 2.48. The second kappa shape index (κ2) is 4.86. The third-order valence-electron chi connectivity index (χ3n) is 3.08. The Kier molecular flexibility index (Phi) is 4.07. The van der Waals surface area contributed by atoms with Gasteiger partial charge in [-0.3, -0.25) is 0 Å². The van der Waals surface area contributed by atoms with Crippen LogP contribution < -0.4 is 5.32 Å². The Hall–Kier alpha value is -0.0400. The summed E-state index contributed by atoms with van der Waals surface area (Å²) in [7, 11) is 0. The Morgan fingerprint density at radius 3 is 2.42 bits per heavy atom. The number of hydrogen-bond acceptors (Lipinski definition) is 1. The van der Waals surface area contributed by atoms with Gasteiger partial charge in [0.05, 0.1) is 0 Å². The third-order valence-corrected chi connectivity index (χ3v) is 3.08. The highest BCUT2D eigenvalue weighted by Crippen LogP contribution is 2.36. The average Bonchev–Trinajstić information content (AvgIpc) is 2.02. The fraction of sp³-hybridized carbons (Fsp3) is 1.00. The summed E-state index contributed by atoms with van der Waals surface area (Å²) < 4.78 is 0. The van der Waals surface area contributed by atoms with Crippen LogP contribution in [-0.2, 0) is 0 Å². The minimum Gasteiger partial charge on any atom is -0.314 e. The molecule has 0 bridgehead atoms. The van der Waals surface area contributed by atoms with Crippen LogP contribution in [0.3, 0.4) is 0 Å². The molecule has 1 saturated carbocycles. The molecule has 0 aromatic carbocycles. The van der Waals surface area contributed by atoms with E-state index in [1.54, 1.807) is 0 Å². The summed E-state index contributed by atoms with van der Waals surface area (Å²) >= 11 is 0. The SMILES string of the molecule is CCCNC(CC)C1CC(C)C1. The van der Waals surface area contributed by atoms with Crippen LogP contribution in [0, 0.1) is 11.8 Å². The monoisotopic (exact) mass is 169 g/mol. The van der Waals surface area contributed by atoms with Crippen molar-refractivity contribution in [2.75, 3.05) is 6.54 Å². The fourth-order valence-electron chi connectivity index (χ4n) is 2.27. The molecule has 0 amide bonds. The molecule has 0 aromatic heterocycles. The van der Waals surface area contributed by atoms with Gasteiger partial charge >= 0.3 is 0 Å². The predicted octanol–water partition coefficient (Wildman–Crippen LogP) is 2.81. The minimum absolute atomic E-state index is 0.807. The average molecular weight is 169 g/mol. The van der Waals surface area contributed by atoms with Gasteiger partial charge in [0.25, 0.3) is 0 Å². The quantitative estimate of drug-likeness (QED) is 0.667. The number of nitrogens with one attached hydrogen (secondary N) is 1. The van der Waals surface area contributed by atoms with Crippen LogP contribution in [0.5, 0.6) is 0 Å². The van der Waals surface area contributed by atoms with Gasteiger partial charge in [-0.15, -0.1) is 0 Å². The first-order valence-electron chi connectivity index (χ1n) is 5.51. The molecule has 1 heteroatoms. The van der Waals surface area contributed by atoms with E-state index in [2.05, 4.69) is 26.1 Å². The summed E-state index contributed by atoms with van der Waals surface area (Å²) in [6.07, 6.45) is 5.47. The van der Waals surface area contributed by atoms with E-state index in [9.17, 15) is 0 Å². The second-order valence-electron chi connectivity index (χ2n) is 4.31. The van der Waals surface area contributed by atoms with Crippen LogP contribution in [0.15, 0.2) is 0 Å². The topological polar surface area (TPSA) is 12.0 Å². The van der Waals surface area contributed by atoms with E-state index in [1.165, 1.54) is 32.2 Å². The van der Waals surface area contributed by atoms with E-state index in [-0.39, 0.29) is 0 Å². The van der Waals surface area contributed by atoms with Crippen LogP contribution in [0.1, 0.15) is 46.5 Å². The molecule has 0 saturated heterocycles. The lowest BCUT2D eigenvalue weighted by atomic mass is 9.71. The molecule has 72 valence electrons. The highest BCUT2D eigenvalue weighted by Gasteiger charge is 2.30. The Morgan fingerprint density at radius 2 is 2.00 bits per heavy atom. The van der Waals surface area contributed by atoms with Crippen LogP contribution in [0.2, 0.25) is 0 Å². The molecule has 1 fully saturated rings. The van der Waals surface area contributed by atoms with E-state index in [4.69, 9.17) is 0 Å². The van der Waals surface area contributed by atoms with Crippen molar-refractivity contribution in [3.63, 3.8) is 0 Å². The van der Waals surface area contributed by atoms with Crippen molar-refractivity contribution < 1.29 is 0 Å². The van der Waals surface area contributed by atoms with E-state index >= 15 is 0 Å². The lowest BCUT2D eigenvalue weighted by Crippen LogP contribution is -2.42. The largest absolute Gasteiger partial charge is 0.314 e. The molecule has 1 N–H and O–H groups in total. The van der Waals surface area contributed by atoms with Crippen molar-refractivity contribution in [3.8, 4) is 0 Å². The molecule has 0 spiro atoms. The lowest BCUT2D eigenvalue weighted by Gasteiger charge is -2.39. The fourth-order valence-corrected chi connectivity index (χ4v) is 2.27. The van der Waals surface area contributed by atoms with Crippen molar-refractivity contribution in [3.05, 3.63) is 0 Å². The molecular formula is C11H23N. The zero-order valence-electron chi connectivity index (χ0n) is 8.77. The van der Waals surface area contributed by atoms with E-state index < -0.39 is 0 Å². The summed E-state index contributed by atoms with van der Waals surface area (Å²) in [5.41, 5.74) is 0. The Labute approximate surface area is 76.9 Å². The minimum atomic E-state index is 0.807. The summed E-state index contributed by atoms with van der Waals surface area (Å²) in [6, 6.07) is 0.807. The molecule has 12 heavy (non-hydrogen) atoms. The van der Waals surface area contributed by atoms with Crippen LogP contribution >= 0.6 is 0 Å². The number of rotatable bonds is 5. The van der Waals surface area contributed by atoms with Gasteiger partial charge in [0.2, 0.25) is 0 Å². The van der Waals surface area contributed by atoms with Crippen LogP contribution in [0.25, 0.3) is 0 Å². The van der Waals surface area contributed by atoms with Gasteiger partial charge in [-0.2, -0.15) is 0 Å². The Morgan fingerprint density at radius 1 is 1.33 bits per heavy atom. The molecule has 0 aromatic rings. The predicted molar refractivity (Wildman–Crippen MR) is 54.3 cm³/mol. The zero-order chi connectivity index (χ0) is 8.97. The molecule has 0 radical (unpaired) electrons. The van der Waals surface area contributed by atoms with Gasteiger partial charge in [-0.25, -0.2) is 0 Å². The van der Waals surface area contributed by atoms with E-state index in [0.717, 1.165) is 17.9 Å². The van der Waals surface area contributed by atoms with Crippen molar-refractivity contribution >= 4 is 0 Å². The molecule has 1 aliphatic carbocycles. The molecule has 0 aliphatic heterocycles. The molecule has 1 unspecified atom stereocenters. The van der Waals surface area contributed by atoms with Crippen LogP contribution in [0.4, 0.5) is 0 Å². The Bertz CT molecular complexity index is 116. The van der Waals surface area contributed by atoms with Gasteiger partial charge in [-0.1, -0.05) is 20.8 Å². The first-order chi connectivity index (χ1) is 5.77. The smallest absolute Gasteiger partial charge is 0.00928 e. The standard InChI is InChI=1S/C11H23N/c1-4-6-12-11(5-2)10-7-9(3)8-10/h9-12H,4-8H2,1-3H3. The first kappa shape index (κ1) is 10.0. The molecule has 1 nitrogen and oxygen atoms in total. The second-order valence-corrected chi connectivity index (χ2v) is 4.31. The molecule has 0 heterocycles. The Balaban J connectivity index is 2.16. The van der Waals surface area contributed by atoms with Gasteiger partial charge in [0, 0.05) is 6.04 Å². The first-order valence-corrected chi connectivity index (χ1v) is 5.51. The highest BCUT2D eigenvalue weighted by molar-refractivity contribution is 4.85. The zero-order valence-corrected chi connectivity index (χ0v) is 8.77. The summed E-state index contributed by atoms with van der Waals surface area (Å²) in [5, 5.41) is 3.64. The maximum atomic E-state index is 3.64. The summed E-state index contributed by atoms with van der Waals surface area (Å²) in [6.45, 7) is 8.10. The van der Waals surface area contributed by atoms with Gasteiger partial charge < -0.3 is 5.32 Å². The maximum absolute atomic E-state index is 3.64.